The zero-order valence-electron chi connectivity index (χ0n) is 17.1. The molecule has 0 fully saturated rings. The highest BCUT2D eigenvalue weighted by Gasteiger charge is 2.15. The van der Waals surface area contributed by atoms with Crippen LogP contribution < -0.4 is 10.3 Å². The van der Waals surface area contributed by atoms with E-state index in [0.717, 1.165) is 16.2 Å². The van der Waals surface area contributed by atoms with E-state index in [2.05, 4.69) is 10.1 Å². The van der Waals surface area contributed by atoms with Gasteiger partial charge in [-0.15, -0.1) is 11.3 Å². The summed E-state index contributed by atoms with van der Waals surface area (Å²) in [6.45, 7) is 0.396. The summed E-state index contributed by atoms with van der Waals surface area (Å²) in [4.78, 5) is 23.5. The number of aromatic nitrogens is 4. The van der Waals surface area contributed by atoms with Gasteiger partial charge in [-0.2, -0.15) is 4.98 Å². The smallest absolute Gasteiger partial charge is 0.262 e. The molecule has 0 radical (unpaired) electrons. The molecule has 3 aromatic heterocycles. The van der Waals surface area contributed by atoms with Crippen molar-refractivity contribution in [3.8, 4) is 16.5 Å². The first-order chi connectivity index (χ1) is 15.7. The molecular formula is C23H18N4O3S2. The molecule has 160 valence electrons. The van der Waals surface area contributed by atoms with Crippen molar-refractivity contribution in [1.82, 2.24) is 19.7 Å². The summed E-state index contributed by atoms with van der Waals surface area (Å²) < 4.78 is 12.3. The molecule has 0 saturated carbocycles. The van der Waals surface area contributed by atoms with Gasteiger partial charge in [0.1, 0.15) is 5.75 Å². The van der Waals surface area contributed by atoms with Crippen molar-refractivity contribution >= 4 is 34.0 Å². The Morgan fingerprint density at radius 2 is 1.91 bits per heavy atom. The molecule has 2 aromatic carbocycles. The Bertz CT molecular complexity index is 1410. The summed E-state index contributed by atoms with van der Waals surface area (Å²) in [5.41, 5.74) is 1.55. The molecule has 0 spiro atoms. The van der Waals surface area contributed by atoms with Crippen LogP contribution in [0.3, 0.4) is 0 Å². The Morgan fingerprint density at radius 1 is 1.06 bits per heavy atom. The maximum Gasteiger partial charge on any atom is 0.262 e. The van der Waals surface area contributed by atoms with Gasteiger partial charge < -0.3 is 9.26 Å². The number of para-hydroxylation sites is 1. The quantitative estimate of drug-likeness (QED) is 0.252. The van der Waals surface area contributed by atoms with Gasteiger partial charge in [0.25, 0.3) is 5.56 Å². The van der Waals surface area contributed by atoms with Gasteiger partial charge in [0.05, 0.1) is 35.2 Å². The van der Waals surface area contributed by atoms with Gasteiger partial charge in [-0.05, 0) is 41.3 Å². The highest BCUT2D eigenvalue weighted by molar-refractivity contribution is 7.98. The maximum atomic E-state index is 13.3. The van der Waals surface area contributed by atoms with Gasteiger partial charge in [0.2, 0.25) is 11.7 Å². The summed E-state index contributed by atoms with van der Waals surface area (Å²) in [6, 6.07) is 18.9. The van der Waals surface area contributed by atoms with E-state index in [1.54, 1.807) is 29.1 Å². The number of benzene rings is 2. The average molecular weight is 463 g/mol. The first-order valence-electron chi connectivity index (χ1n) is 9.83. The molecule has 5 aromatic rings. The lowest BCUT2D eigenvalue weighted by atomic mass is 10.2. The molecule has 32 heavy (non-hydrogen) atoms. The highest BCUT2D eigenvalue weighted by Crippen LogP contribution is 2.26. The minimum atomic E-state index is -0.0845. The number of ether oxygens (including phenoxy) is 1. The third kappa shape index (κ3) is 4.17. The number of thioether (sulfide) groups is 1. The lowest BCUT2D eigenvalue weighted by Crippen LogP contribution is -2.24. The number of thiophene rings is 1. The van der Waals surface area contributed by atoms with Gasteiger partial charge in [-0.1, -0.05) is 47.3 Å². The van der Waals surface area contributed by atoms with Crippen molar-refractivity contribution in [3.63, 3.8) is 0 Å². The summed E-state index contributed by atoms with van der Waals surface area (Å²) >= 11 is 2.96. The van der Waals surface area contributed by atoms with Gasteiger partial charge in [-0.25, -0.2) is 4.98 Å². The fourth-order valence-corrected chi connectivity index (χ4v) is 4.74. The number of hydrogen-bond acceptors (Lipinski definition) is 8. The lowest BCUT2D eigenvalue weighted by molar-refractivity contribution is 0.391. The SMILES string of the molecule is COc1ccc(Cn2c(SCc3nc(-c4cccs4)no3)nc3ccccc3c2=O)cc1. The summed E-state index contributed by atoms with van der Waals surface area (Å²) in [7, 11) is 1.63. The summed E-state index contributed by atoms with van der Waals surface area (Å²) in [6.07, 6.45) is 0. The second kappa shape index (κ2) is 8.97. The monoisotopic (exact) mass is 462 g/mol. The Hall–Kier alpha value is -3.43. The van der Waals surface area contributed by atoms with Crippen LogP contribution in [0.25, 0.3) is 21.6 Å². The first kappa shape index (κ1) is 20.5. The molecule has 0 N–H and O–H groups in total. The molecular weight excluding hydrogens is 444 g/mol. The minimum absolute atomic E-state index is 0.0845. The van der Waals surface area contributed by atoms with E-state index in [1.165, 1.54) is 11.8 Å². The second-order valence-electron chi connectivity index (χ2n) is 6.93. The molecule has 0 amide bonds. The van der Waals surface area contributed by atoms with Crippen molar-refractivity contribution < 1.29 is 9.26 Å². The van der Waals surface area contributed by atoms with Crippen LogP contribution in [0.5, 0.6) is 5.75 Å². The van der Waals surface area contributed by atoms with E-state index in [0.29, 0.717) is 40.1 Å². The molecule has 7 nitrogen and oxygen atoms in total. The fraction of sp³-hybridized carbons (Fsp3) is 0.130. The van der Waals surface area contributed by atoms with Crippen LogP contribution in [0.1, 0.15) is 11.5 Å². The predicted molar refractivity (Wildman–Crippen MR) is 125 cm³/mol. The van der Waals surface area contributed by atoms with E-state index >= 15 is 0 Å². The lowest BCUT2D eigenvalue weighted by Gasteiger charge is -2.13. The van der Waals surface area contributed by atoms with Crippen molar-refractivity contribution in [2.75, 3.05) is 7.11 Å². The largest absolute Gasteiger partial charge is 0.497 e. The van der Waals surface area contributed by atoms with Crippen LogP contribution >= 0.6 is 23.1 Å². The molecule has 0 aliphatic heterocycles. The van der Waals surface area contributed by atoms with Crippen molar-refractivity contribution in [1.29, 1.82) is 0 Å². The summed E-state index contributed by atoms with van der Waals surface area (Å²) in [5.74, 6) is 2.23. The van der Waals surface area contributed by atoms with E-state index < -0.39 is 0 Å². The van der Waals surface area contributed by atoms with E-state index in [4.69, 9.17) is 14.2 Å². The Balaban J connectivity index is 1.46. The molecule has 9 heteroatoms. The number of rotatable bonds is 7. The molecule has 0 aliphatic rings. The molecule has 3 heterocycles. The standard InChI is InChI=1S/C23H18N4O3S2/c1-29-16-10-8-15(9-11-16)13-27-22(28)17-5-2-3-6-18(17)24-23(27)32-14-20-25-21(26-30-20)19-7-4-12-31-19/h2-12H,13-14H2,1H3. The van der Waals surface area contributed by atoms with Crippen LogP contribution in [0.2, 0.25) is 0 Å². The topological polar surface area (TPSA) is 83.0 Å². The van der Waals surface area contributed by atoms with Gasteiger partial charge in [0, 0.05) is 0 Å². The minimum Gasteiger partial charge on any atom is -0.497 e. The van der Waals surface area contributed by atoms with E-state index in [-0.39, 0.29) is 5.56 Å². The maximum absolute atomic E-state index is 13.3. The van der Waals surface area contributed by atoms with E-state index in [9.17, 15) is 4.79 Å². The second-order valence-corrected chi connectivity index (χ2v) is 8.82. The number of methoxy groups -OCH3 is 1. The van der Waals surface area contributed by atoms with E-state index in [1.807, 2.05) is 60.0 Å². The number of fused-ring (bicyclic) bond motifs is 1. The van der Waals surface area contributed by atoms with Crippen LogP contribution in [-0.4, -0.2) is 26.8 Å². The van der Waals surface area contributed by atoms with Crippen LogP contribution in [0.4, 0.5) is 0 Å². The van der Waals surface area contributed by atoms with Gasteiger partial charge >= 0.3 is 0 Å². The summed E-state index contributed by atoms with van der Waals surface area (Å²) in [5, 5.41) is 7.21. The highest BCUT2D eigenvalue weighted by atomic mass is 32.2. The predicted octanol–water partition coefficient (Wildman–Crippen LogP) is 4.86. The first-order valence-corrected chi connectivity index (χ1v) is 11.7. The van der Waals surface area contributed by atoms with Crippen molar-refractivity contribution in [2.24, 2.45) is 0 Å². The molecule has 0 aliphatic carbocycles. The molecule has 0 saturated heterocycles. The van der Waals surface area contributed by atoms with Crippen LogP contribution in [0, 0.1) is 0 Å². The fourth-order valence-electron chi connectivity index (χ4n) is 3.26. The van der Waals surface area contributed by atoms with Crippen LogP contribution in [0.15, 0.2) is 80.5 Å². The molecule has 0 bridgehead atoms. The number of nitrogens with zero attached hydrogens (tertiary/aromatic N) is 4. The molecule has 0 unspecified atom stereocenters. The van der Waals surface area contributed by atoms with Crippen molar-refractivity contribution in [3.05, 3.63) is 87.9 Å². The third-order valence-corrected chi connectivity index (χ3v) is 6.69. The average Bonchev–Trinajstić information content (AvgIpc) is 3.52. The van der Waals surface area contributed by atoms with Crippen LogP contribution in [-0.2, 0) is 12.3 Å². The van der Waals surface area contributed by atoms with Crippen molar-refractivity contribution in [2.45, 2.75) is 17.5 Å². The Labute approximate surface area is 191 Å². The third-order valence-electron chi connectivity index (χ3n) is 4.86. The van der Waals surface area contributed by atoms with Gasteiger partial charge in [0.15, 0.2) is 5.16 Å². The Kier molecular flexibility index (Phi) is 5.74. The zero-order chi connectivity index (χ0) is 21.9. The molecule has 0 atom stereocenters. The normalized spacial score (nSPS) is 11.2. The van der Waals surface area contributed by atoms with Gasteiger partial charge in [-0.3, -0.25) is 9.36 Å². The number of hydrogen-bond donors (Lipinski definition) is 0. The zero-order valence-corrected chi connectivity index (χ0v) is 18.7. The Morgan fingerprint density at radius 3 is 2.69 bits per heavy atom. The molecule has 5 rings (SSSR count).